The van der Waals surface area contributed by atoms with Crippen LogP contribution in [0.3, 0.4) is 0 Å². The summed E-state index contributed by atoms with van der Waals surface area (Å²) >= 11 is 5.71. The SMILES string of the molecule is CC(C)(C)c1cc(NC(=O)c2ccc(Cl)c([N+](=O)[O-])c2)on1. The van der Waals surface area contributed by atoms with E-state index in [1.165, 1.54) is 12.1 Å². The first-order chi connectivity index (χ1) is 10.2. The Morgan fingerprint density at radius 3 is 2.59 bits per heavy atom. The average molecular weight is 324 g/mol. The molecule has 2 aromatic rings. The van der Waals surface area contributed by atoms with Crippen molar-refractivity contribution in [2.45, 2.75) is 26.2 Å². The molecule has 7 nitrogen and oxygen atoms in total. The molecule has 0 aliphatic rings. The van der Waals surface area contributed by atoms with Crippen LogP contribution in [-0.4, -0.2) is 16.0 Å². The second-order valence-corrected chi connectivity index (χ2v) is 6.11. The van der Waals surface area contributed by atoms with Gasteiger partial charge in [0.05, 0.1) is 10.6 Å². The maximum absolute atomic E-state index is 12.1. The van der Waals surface area contributed by atoms with Crippen LogP contribution < -0.4 is 5.32 Å². The fraction of sp³-hybridized carbons (Fsp3) is 0.286. The molecule has 1 N–H and O–H groups in total. The molecule has 0 spiro atoms. The fourth-order valence-corrected chi connectivity index (χ4v) is 1.85. The van der Waals surface area contributed by atoms with E-state index in [1.807, 2.05) is 20.8 Å². The summed E-state index contributed by atoms with van der Waals surface area (Å²) in [4.78, 5) is 22.3. The van der Waals surface area contributed by atoms with Crippen LogP contribution in [0.5, 0.6) is 0 Å². The highest BCUT2D eigenvalue weighted by atomic mass is 35.5. The largest absolute Gasteiger partial charge is 0.338 e. The second-order valence-electron chi connectivity index (χ2n) is 5.70. The van der Waals surface area contributed by atoms with E-state index in [9.17, 15) is 14.9 Å². The van der Waals surface area contributed by atoms with Gasteiger partial charge in [-0.15, -0.1) is 0 Å². The van der Waals surface area contributed by atoms with Gasteiger partial charge in [-0.2, -0.15) is 0 Å². The molecule has 0 fully saturated rings. The van der Waals surface area contributed by atoms with E-state index in [-0.39, 0.29) is 27.6 Å². The summed E-state index contributed by atoms with van der Waals surface area (Å²) in [5, 5.41) is 17.2. The number of hydrogen-bond acceptors (Lipinski definition) is 5. The minimum Gasteiger partial charge on any atom is -0.338 e. The molecule has 22 heavy (non-hydrogen) atoms. The predicted molar refractivity (Wildman–Crippen MR) is 81.3 cm³/mol. The summed E-state index contributed by atoms with van der Waals surface area (Å²) in [6, 6.07) is 5.42. The number of nitro groups is 1. The Hall–Kier alpha value is -2.41. The van der Waals surface area contributed by atoms with E-state index in [4.69, 9.17) is 16.1 Å². The summed E-state index contributed by atoms with van der Waals surface area (Å²) in [5.74, 6) is -0.371. The smallest absolute Gasteiger partial charge is 0.288 e. The average Bonchev–Trinajstić information content (AvgIpc) is 2.87. The maximum Gasteiger partial charge on any atom is 0.288 e. The van der Waals surface area contributed by atoms with Gasteiger partial charge in [-0.1, -0.05) is 37.5 Å². The van der Waals surface area contributed by atoms with Crippen molar-refractivity contribution in [3.05, 3.63) is 50.7 Å². The van der Waals surface area contributed by atoms with Gasteiger partial charge in [-0.25, -0.2) is 0 Å². The number of benzene rings is 1. The molecule has 2 rings (SSSR count). The van der Waals surface area contributed by atoms with Crippen LogP contribution in [-0.2, 0) is 5.41 Å². The van der Waals surface area contributed by atoms with Gasteiger partial charge in [-0.3, -0.25) is 20.2 Å². The Morgan fingerprint density at radius 1 is 1.36 bits per heavy atom. The summed E-state index contributed by atoms with van der Waals surface area (Å²) in [5.41, 5.74) is 0.239. The number of anilines is 1. The van der Waals surface area contributed by atoms with Crippen molar-refractivity contribution in [3.8, 4) is 0 Å². The van der Waals surface area contributed by atoms with Gasteiger partial charge in [0.25, 0.3) is 11.6 Å². The van der Waals surface area contributed by atoms with E-state index in [2.05, 4.69) is 10.5 Å². The zero-order valence-electron chi connectivity index (χ0n) is 12.2. The quantitative estimate of drug-likeness (QED) is 0.684. The van der Waals surface area contributed by atoms with Gasteiger partial charge in [0.2, 0.25) is 5.88 Å². The predicted octanol–water partition coefficient (Wildman–Crippen LogP) is 3.79. The van der Waals surface area contributed by atoms with Crippen molar-refractivity contribution in [2.24, 2.45) is 0 Å². The normalized spacial score (nSPS) is 11.3. The van der Waals surface area contributed by atoms with Crippen molar-refractivity contribution in [1.29, 1.82) is 0 Å². The van der Waals surface area contributed by atoms with E-state index in [1.54, 1.807) is 6.07 Å². The van der Waals surface area contributed by atoms with Gasteiger partial charge >= 0.3 is 0 Å². The van der Waals surface area contributed by atoms with Crippen LogP contribution in [0.15, 0.2) is 28.8 Å². The zero-order chi connectivity index (χ0) is 16.5. The lowest BCUT2D eigenvalue weighted by Crippen LogP contribution is -2.12. The summed E-state index contributed by atoms with van der Waals surface area (Å²) in [6.45, 7) is 5.87. The van der Waals surface area contributed by atoms with E-state index in [0.29, 0.717) is 5.69 Å². The molecule has 1 aromatic heterocycles. The topological polar surface area (TPSA) is 98.3 Å². The highest BCUT2D eigenvalue weighted by Gasteiger charge is 2.21. The molecule has 1 heterocycles. The third-order valence-electron chi connectivity index (χ3n) is 2.92. The highest BCUT2D eigenvalue weighted by molar-refractivity contribution is 6.32. The molecule has 0 saturated heterocycles. The Balaban J connectivity index is 2.21. The Kier molecular flexibility index (Phi) is 4.18. The fourth-order valence-electron chi connectivity index (χ4n) is 1.67. The van der Waals surface area contributed by atoms with Gasteiger partial charge in [0, 0.05) is 23.1 Å². The van der Waals surface area contributed by atoms with Crippen LogP contribution in [0.4, 0.5) is 11.6 Å². The molecular formula is C14H14ClN3O4. The molecule has 0 aliphatic heterocycles. The number of halogens is 1. The Morgan fingerprint density at radius 2 is 2.05 bits per heavy atom. The summed E-state index contributed by atoms with van der Waals surface area (Å²) in [7, 11) is 0. The molecule has 0 radical (unpaired) electrons. The zero-order valence-corrected chi connectivity index (χ0v) is 13.0. The van der Waals surface area contributed by atoms with Crippen molar-refractivity contribution < 1.29 is 14.2 Å². The number of nitrogens with one attached hydrogen (secondary N) is 1. The number of nitro benzene ring substituents is 1. The highest BCUT2D eigenvalue weighted by Crippen LogP contribution is 2.26. The van der Waals surface area contributed by atoms with Crippen LogP contribution in [0.1, 0.15) is 36.8 Å². The molecule has 116 valence electrons. The molecule has 0 saturated carbocycles. The van der Waals surface area contributed by atoms with Crippen LogP contribution >= 0.6 is 11.6 Å². The molecule has 1 aromatic carbocycles. The number of aromatic nitrogens is 1. The molecule has 0 atom stereocenters. The number of carbonyl (C=O) groups excluding carboxylic acids is 1. The van der Waals surface area contributed by atoms with Gasteiger partial charge in [0.1, 0.15) is 5.02 Å². The molecule has 8 heteroatoms. The monoisotopic (exact) mass is 323 g/mol. The second kappa shape index (κ2) is 5.76. The molecule has 0 bridgehead atoms. The van der Waals surface area contributed by atoms with Gasteiger partial charge < -0.3 is 4.52 Å². The standard InChI is InChI=1S/C14H14ClN3O4/c1-14(2,3)11-7-12(22-17-11)16-13(19)8-4-5-9(15)10(6-8)18(20)21/h4-7H,1-3H3,(H,16,19). The summed E-state index contributed by atoms with van der Waals surface area (Å²) in [6.07, 6.45) is 0. The minimum atomic E-state index is -0.648. The lowest BCUT2D eigenvalue weighted by atomic mass is 9.92. The number of carbonyl (C=O) groups is 1. The number of hydrogen-bond donors (Lipinski definition) is 1. The van der Waals surface area contributed by atoms with E-state index < -0.39 is 10.8 Å². The van der Waals surface area contributed by atoms with Crippen LogP contribution in [0, 0.1) is 10.1 Å². The minimum absolute atomic E-state index is 0.0313. The first-order valence-corrected chi connectivity index (χ1v) is 6.79. The lowest BCUT2D eigenvalue weighted by Gasteiger charge is -2.12. The third-order valence-corrected chi connectivity index (χ3v) is 3.24. The summed E-state index contributed by atoms with van der Waals surface area (Å²) < 4.78 is 5.04. The molecule has 1 amide bonds. The molecule has 0 aliphatic carbocycles. The van der Waals surface area contributed by atoms with E-state index in [0.717, 1.165) is 6.07 Å². The first kappa shape index (κ1) is 16.0. The Bertz CT molecular complexity index is 734. The van der Waals surface area contributed by atoms with Crippen molar-refractivity contribution in [2.75, 3.05) is 5.32 Å². The van der Waals surface area contributed by atoms with Crippen LogP contribution in [0.2, 0.25) is 5.02 Å². The van der Waals surface area contributed by atoms with Gasteiger partial charge in [-0.05, 0) is 12.1 Å². The van der Waals surface area contributed by atoms with Crippen molar-refractivity contribution >= 4 is 29.1 Å². The first-order valence-electron chi connectivity index (χ1n) is 6.41. The maximum atomic E-state index is 12.1. The van der Waals surface area contributed by atoms with Crippen molar-refractivity contribution in [1.82, 2.24) is 5.16 Å². The van der Waals surface area contributed by atoms with Crippen LogP contribution in [0.25, 0.3) is 0 Å². The lowest BCUT2D eigenvalue weighted by molar-refractivity contribution is -0.384. The number of rotatable bonds is 3. The van der Waals surface area contributed by atoms with E-state index >= 15 is 0 Å². The molecular weight excluding hydrogens is 310 g/mol. The number of nitrogens with zero attached hydrogens (tertiary/aromatic N) is 2. The van der Waals surface area contributed by atoms with Gasteiger partial charge in [0.15, 0.2) is 0 Å². The third kappa shape index (κ3) is 3.43. The van der Waals surface area contributed by atoms with Crippen molar-refractivity contribution in [3.63, 3.8) is 0 Å². The molecule has 0 unspecified atom stereocenters. The Labute approximate surface area is 131 Å². The number of amides is 1.